The molecule has 0 saturated carbocycles. The molecule has 2 saturated heterocycles. The molecule has 2 fully saturated rings. The lowest BCUT2D eigenvalue weighted by Crippen LogP contribution is -2.44. The van der Waals surface area contributed by atoms with Crippen molar-refractivity contribution >= 4 is 17.7 Å². The molecule has 2 aliphatic heterocycles. The van der Waals surface area contributed by atoms with Crippen LogP contribution in [0.5, 0.6) is 0 Å². The van der Waals surface area contributed by atoms with Crippen molar-refractivity contribution in [3.05, 3.63) is 0 Å². The molecule has 2 rings (SSSR count). The van der Waals surface area contributed by atoms with Gasteiger partial charge in [0.15, 0.2) is 0 Å². The topological polar surface area (TPSA) is 44.4 Å². The second kappa shape index (κ2) is 7.24. The zero-order valence-electron chi connectivity index (χ0n) is 10.4. The van der Waals surface area contributed by atoms with Crippen LogP contribution in [0.2, 0.25) is 0 Å². The van der Waals surface area contributed by atoms with Crippen molar-refractivity contribution in [3.63, 3.8) is 0 Å². The quantitative estimate of drug-likeness (QED) is 0.763. The smallest absolute Gasteiger partial charge is 0.234 e. The molecular weight excluding hydrogens is 234 g/mol. The van der Waals surface area contributed by atoms with Crippen molar-refractivity contribution in [3.8, 4) is 0 Å². The number of carbonyl (C=O) groups excluding carboxylic acids is 1. The number of amides is 1. The average molecular weight is 257 g/mol. The third-order valence-corrected chi connectivity index (χ3v) is 4.44. The number of nitrogens with zero attached hydrogens (tertiary/aromatic N) is 1. The van der Waals surface area contributed by atoms with E-state index < -0.39 is 0 Å². The number of rotatable bonds is 3. The van der Waals surface area contributed by atoms with E-state index in [2.05, 4.69) is 15.5 Å². The van der Waals surface area contributed by atoms with Gasteiger partial charge in [-0.3, -0.25) is 9.69 Å². The molecule has 0 atom stereocenters. The van der Waals surface area contributed by atoms with Gasteiger partial charge in [-0.25, -0.2) is 0 Å². The molecule has 2 N–H and O–H groups in total. The standard InChI is InChI=1S/C12H23N3OS/c16-12(14-11-2-8-17-9-3-11)10-15-6-1-4-13-5-7-15/h11,13H,1-10H2,(H,14,16). The SMILES string of the molecule is O=C(CN1CCCNCC1)NC1CCSCC1. The molecule has 0 aromatic rings. The Bertz CT molecular complexity index is 236. The third kappa shape index (κ3) is 4.85. The predicted octanol–water partition coefficient (Wildman–Crippen LogP) is 0.294. The molecule has 0 bridgehead atoms. The van der Waals surface area contributed by atoms with E-state index in [1.165, 1.54) is 11.5 Å². The zero-order valence-corrected chi connectivity index (χ0v) is 11.2. The van der Waals surface area contributed by atoms with Crippen LogP contribution in [-0.2, 0) is 4.79 Å². The second-order valence-electron chi connectivity index (χ2n) is 4.83. The van der Waals surface area contributed by atoms with Crippen molar-refractivity contribution in [1.29, 1.82) is 0 Å². The molecule has 5 heteroatoms. The van der Waals surface area contributed by atoms with Gasteiger partial charge in [0, 0.05) is 19.1 Å². The molecule has 2 aliphatic rings. The van der Waals surface area contributed by atoms with Gasteiger partial charge in [-0.1, -0.05) is 0 Å². The molecule has 0 spiro atoms. The average Bonchev–Trinajstić information content (AvgIpc) is 2.59. The summed E-state index contributed by atoms with van der Waals surface area (Å²) in [5.74, 6) is 2.60. The summed E-state index contributed by atoms with van der Waals surface area (Å²) in [5, 5.41) is 6.53. The Morgan fingerprint density at radius 2 is 2.12 bits per heavy atom. The fraction of sp³-hybridized carbons (Fsp3) is 0.917. The summed E-state index contributed by atoms with van der Waals surface area (Å²) >= 11 is 1.99. The van der Waals surface area contributed by atoms with E-state index in [0.717, 1.165) is 45.4 Å². The molecular formula is C12H23N3OS. The molecule has 98 valence electrons. The molecule has 2 heterocycles. The first kappa shape index (κ1) is 13.2. The summed E-state index contributed by atoms with van der Waals surface area (Å²) in [6.07, 6.45) is 3.42. The summed E-state index contributed by atoms with van der Waals surface area (Å²) < 4.78 is 0. The predicted molar refractivity (Wildman–Crippen MR) is 72.4 cm³/mol. The summed E-state index contributed by atoms with van der Waals surface area (Å²) in [5.41, 5.74) is 0. The Kier molecular flexibility index (Phi) is 5.61. The van der Waals surface area contributed by atoms with E-state index in [-0.39, 0.29) is 5.91 Å². The Morgan fingerprint density at radius 1 is 1.29 bits per heavy atom. The second-order valence-corrected chi connectivity index (χ2v) is 6.06. The van der Waals surface area contributed by atoms with Crippen LogP contribution in [0.3, 0.4) is 0 Å². The van der Waals surface area contributed by atoms with E-state index in [1.807, 2.05) is 11.8 Å². The third-order valence-electron chi connectivity index (χ3n) is 3.39. The van der Waals surface area contributed by atoms with Crippen molar-refractivity contribution < 1.29 is 4.79 Å². The fourth-order valence-corrected chi connectivity index (χ4v) is 3.48. The largest absolute Gasteiger partial charge is 0.352 e. The van der Waals surface area contributed by atoms with Crippen LogP contribution in [-0.4, -0.2) is 61.1 Å². The highest BCUT2D eigenvalue weighted by atomic mass is 32.2. The van der Waals surface area contributed by atoms with Gasteiger partial charge in [0.25, 0.3) is 0 Å². The maximum atomic E-state index is 11.9. The fourth-order valence-electron chi connectivity index (χ4n) is 2.38. The number of hydrogen-bond donors (Lipinski definition) is 2. The molecule has 0 aromatic heterocycles. The summed E-state index contributed by atoms with van der Waals surface area (Å²) in [6.45, 7) is 4.70. The Balaban J connectivity index is 1.68. The van der Waals surface area contributed by atoms with Crippen LogP contribution < -0.4 is 10.6 Å². The van der Waals surface area contributed by atoms with E-state index >= 15 is 0 Å². The van der Waals surface area contributed by atoms with Gasteiger partial charge < -0.3 is 10.6 Å². The van der Waals surface area contributed by atoms with Crippen LogP contribution >= 0.6 is 11.8 Å². The lowest BCUT2D eigenvalue weighted by Gasteiger charge is -2.25. The zero-order chi connectivity index (χ0) is 11.9. The van der Waals surface area contributed by atoms with E-state index in [0.29, 0.717) is 12.6 Å². The minimum absolute atomic E-state index is 0.212. The molecule has 0 unspecified atom stereocenters. The number of nitrogens with one attached hydrogen (secondary N) is 2. The molecule has 0 radical (unpaired) electrons. The van der Waals surface area contributed by atoms with Gasteiger partial charge in [0.1, 0.15) is 0 Å². The summed E-state index contributed by atoms with van der Waals surface area (Å²) in [6, 6.07) is 0.425. The van der Waals surface area contributed by atoms with Crippen LogP contribution in [0.1, 0.15) is 19.3 Å². The van der Waals surface area contributed by atoms with Crippen LogP contribution in [0.15, 0.2) is 0 Å². The molecule has 0 aromatic carbocycles. The van der Waals surface area contributed by atoms with Gasteiger partial charge in [-0.15, -0.1) is 0 Å². The van der Waals surface area contributed by atoms with E-state index in [4.69, 9.17) is 0 Å². The first-order chi connectivity index (χ1) is 8.34. The minimum Gasteiger partial charge on any atom is -0.352 e. The van der Waals surface area contributed by atoms with E-state index in [9.17, 15) is 4.79 Å². The van der Waals surface area contributed by atoms with Crippen LogP contribution in [0, 0.1) is 0 Å². The first-order valence-corrected chi connectivity index (χ1v) is 7.80. The molecule has 17 heavy (non-hydrogen) atoms. The van der Waals surface area contributed by atoms with Crippen LogP contribution in [0.25, 0.3) is 0 Å². The van der Waals surface area contributed by atoms with Gasteiger partial charge in [0.2, 0.25) is 5.91 Å². The van der Waals surface area contributed by atoms with Crippen molar-refractivity contribution in [2.45, 2.75) is 25.3 Å². The number of hydrogen-bond acceptors (Lipinski definition) is 4. The summed E-state index contributed by atoms with van der Waals surface area (Å²) in [7, 11) is 0. The molecule has 4 nitrogen and oxygen atoms in total. The van der Waals surface area contributed by atoms with Gasteiger partial charge in [-0.05, 0) is 43.9 Å². The normalized spacial score (nSPS) is 24.2. The first-order valence-electron chi connectivity index (χ1n) is 6.65. The number of thioether (sulfide) groups is 1. The minimum atomic E-state index is 0.212. The highest BCUT2D eigenvalue weighted by Crippen LogP contribution is 2.16. The Labute approximate surface area is 108 Å². The maximum absolute atomic E-state index is 11.9. The van der Waals surface area contributed by atoms with Crippen molar-refractivity contribution in [2.75, 3.05) is 44.2 Å². The molecule has 0 aliphatic carbocycles. The Hall–Kier alpha value is -0.260. The van der Waals surface area contributed by atoms with Gasteiger partial charge >= 0.3 is 0 Å². The van der Waals surface area contributed by atoms with Gasteiger partial charge in [0.05, 0.1) is 6.54 Å². The highest BCUT2D eigenvalue weighted by Gasteiger charge is 2.18. The maximum Gasteiger partial charge on any atom is 0.234 e. The van der Waals surface area contributed by atoms with Crippen molar-refractivity contribution in [2.24, 2.45) is 0 Å². The lowest BCUT2D eigenvalue weighted by atomic mass is 10.1. The van der Waals surface area contributed by atoms with Crippen LogP contribution in [0.4, 0.5) is 0 Å². The van der Waals surface area contributed by atoms with E-state index in [1.54, 1.807) is 0 Å². The Morgan fingerprint density at radius 3 is 2.94 bits per heavy atom. The lowest BCUT2D eigenvalue weighted by molar-refractivity contribution is -0.123. The number of carbonyl (C=O) groups is 1. The van der Waals surface area contributed by atoms with Crippen molar-refractivity contribution in [1.82, 2.24) is 15.5 Å². The molecule has 1 amide bonds. The highest BCUT2D eigenvalue weighted by molar-refractivity contribution is 7.99. The van der Waals surface area contributed by atoms with Gasteiger partial charge in [-0.2, -0.15) is 11.8 Å². The summed E-state index contributed by atoms with van der Waals surface area (Å²) in [4.78, 5) is 14.2. The monoisotopic (exact) mass is 257 g/mol.